The van der Waals surface area contributed by atoms with Crippen LogP contribution in [0.4, 0.5) is 8.78 Å². The van der Waals surface area contributed by atoms with Gasteiger partial charge < -0.3 is 15.3 Å². The SMILES string of the molecule is Cc1ncc(CCNC(=O)c2cccc3[nH]c(C(F)F)nc23)[nH]1. The maximum Gasteiger partial charge on any atom is 0.295 e. The summed E-state index contributed by atoms with van der Waals surface area (Å²) in [6.07, 6.45) is -0.391. The fraction of sp³-hybridized carbons (Fsp3) is 0.267. The average molecular weight is 319 g/mol. The lowest BCUT2D eigenvalue weighted by Crippen LogP contribution is -2.26. The Morgan fingerprint density at radius 1 is 1.35 bits per heavy atom. The van der Waals surface area contributed by atoms with E-state index in [1.807, 2.05) is 6.92 Å². The normalized spacial score (nSPS) is 11.3. The van der Waals surface area contributed by atoms with Gasteiger partial charge in [0.05, 0.1) is 11.1 Å². The summed E-state index contributed by atoms with van der Waals surface area (Å²) in [5, 5.41) is 2.76. The zero-order valence-corrected chi connectivity index (χ0v) is 12.4. The second kappa shape index (κ2) is 6.15. The third kappa shape index (κ3) is 3.20. The number of aromatic nitrogens is 4. The van der Waals surface area contributed by atoms with E-state index < -0.39 is 12.2 Å². The van der Waals surface area contributed by atoms with Crippen molar-refractivity contribution in [1.29, 1.82) is 0 Å². The van der Waals surface area contributed by atoms with Gasteiger partial charge in [0.1, 0.15) is 11.3 Å². The Balaban J connectivity index is 1.72. The number of amides is 1. The number of alkyl halides is 2. The van der Waals surface area contributed by atoms with Crippen molar-refractivity contribution < 1.29 is 13.6 Å². The molecule has 23 heavy (non-hydrogen) atoms. The summed E-state index contributed by atoms with van der Waals surface area (Å²) in [6, 6.07) is 4.80. The zero-order valence-electron chi connectivity index (χ0n) is 12.4. The van der Waals surface area contributed by atoms with Crippen LogP contribution in [0.3, 0.4) is 0 Å². The van der Waals surface area contributed by atoms with Crippen molar-refractivity contribution in [1.82, 2.24) is 25.3 Å². The predicted molar refractivity (Wildman–Crippen MR) is 80.4 cm³/mol. The number of hydrogen-bond donors (Lipinski definition) is 3. The number of benzene rings is 1. The van der Waals surface area contributed by atoms with E-state index in [0.717, 1.165) is 11.5 Å². The molecule has 0 aliphatic rings. The number of fused-ring (bicyclic) bond motifs is 1. The number of imidazole rings is 2. The molecule has 3 rings (SSSR count). The first-order valence-electron chi connectivity index (χ1n) is 7.10. The molecule has 2 aromatic heterocycles. The third-order valence-electron chi connectivity index (χ3n) is 3.42. The van der Waals surface area contributed by atoms with Gasteiger partial charge in [0.2, 0.25) is 0 Å². The van der Waals surface area contributed by atoms with Crippen LogP contribution < -0.4 is 5.32 Å². The van der Waals surface area contributed by atoms with Crippen LogP contribution in [0.15, 0.2) is 24.4 Å². The molecule has 0 atom stereocenters. The van der Waals surface area contributed by atoms with E-state index in [2.05, 4.69) is 25.3 Å². The van der Waals surface area contributed by atoms with Crippen LogP contribution in [0.2, 0.25) is 0 Å². The first kappa shape index (κ1) is 15.1. The van der Waals surface area contributed by atoms with Crippen LogP contribution in [-0.2, 0) is 6.42 Å². The van der Waals surface area contributed by atoms with Crippen molar-refractivity contribution in [2.75, 3.05) is 6.54 Å². The van der Waals surface area contributed by atoms with E-state index >= 15 is 0 Å². The summed E-state index contributed by atoms with van der Waals surface area (Å²) in [5.41, 5.74) is 1.85. The topological polar surface area (TPSA) is 86.5 Å². The molecule has 0 aliphatic heterocycles. The number of aryl methyl sites for hydroxylation is 1. The molecule has 8 heteroatoms. The lowest BCUT2D eigenvalue weighted by atomic mass is 10.1. The summed E-state index contributed by atoms with van der Waals surface area (Å²) in [5.74, 6) is 0.0273. The number of rotatable bonds is 5. The van der Waals surface area contributed by atoms with E-state index in [1.54, 1.807) is 24.4 Å². The Hall–Kier alpha value is -2.77. The molecule has 0 aliphatic carbocycles. The molecule has 1 amide bonds. The molecular formula is C15H15F2N5O. The molecule has 2 heterocycles. The molecule has 0 radical (unpaired) electrons. The van der Waals surface area contributed by atoms with Gasteiger partial charge in [-0.2, -0.15) is 0 Å². The average Bonchev–Trinajstić information content (AvgIpc) is 3.12. The van der Waals surface area contributed by atoms with Gasteiger partial charge >= 0.3 is 0 Å². The Morgan fingerprint density at radius 2 is 2.17 bits per heavy atom. The second-order valence-electron chi connectivity index (χ2n) is 5.12. The van der Waals surface area contributed by atoms with Crippen LogP contribution in [0.25, 0.3) is 11.0 Å². The number of aromatic amines is 2. The molecule has 0 fully saturated rings. The first-order chi connectivity index (χ1) is 11.0. The number of nitrogens with one attached hydrogen (secondary N) is 3. The lowest BCUT2D eigenvalue weighted by molar-refractivity contribution is 0.0955. The van der Waals surface area contributed by atoms with E-state index in [1.165, 1.54) is 0 Å². The van der Waals surface area contributed by atoms with Gasteiger partial charge in [0.25, 0.3) is 12.3 Å². The highest BCUT2D eigenvalue weighted by molar-refractivity contribution is 6.04. The zero-order chi connectivity index (χ0) is 16.4. The van der Waals surface area contributed by atoms with E-state index in [-0.39, 0.29) is 17.0 Å². The van der Waals surface area contributed by atoms with Gasteiger partial charge in [0, 0.05) is 24.9 Å². The van der Waals surface area contributed by atoms with Crippen molar-refractivity contribution in [2.24, 2.45) is 0 Å². The molecule has 0 saturated carbocycles. The van der Waals surface area contributed by atoms with Gasteiger partial charge in [-0.25, -0.2) is 18.7 Å². The van der Waals surface area contributed by atoms with Crippen molar-refractivity contribution >= 4 is 16.9 Å². The fourth-order valence-corrected chi connectivity index (χ4v) is 2.34. The predicted octanol–water partition coefficient (Wildman–Crippen LogP) is 2.50. The number of halogens is 2. The maximum atomic E-state index is 12.7. The third-order valence-corrected chi connectivity index (χ3v) is 3.42. The molecule has 3 aromatic rings. The van der Waals surface area contributed by atoms with Gasteiger partial charge in [-0.1, -0.05) is 6.07 Å². The molecule has 1 aromatic carbocycles. The molecule has 6 nitrogen and oxygen atoms in total. The maximum absolute atomic E-state index is 12.7. The molecule has 0 spiro atoms. The lowest BCUT2D eigenvalue weighted by Gasteiger charge is -2.05. The number of H-pyrrole nitrogens is 2. The summed E-state index contributed by atoms with van der Waals surface area (Å²) in [4.78, 5) is 25.7. The number of carbonyl (C=O) groups is 1. The van der Waals surface area contributed by atoms with Gasteiger partial charge in [0.15, 0.2) is 5.82 Å². The monoisotopic (exact) mass is 319 g/mol. The highest BCUT2D eigenvalue weighted by atomic mass is 19.3. The number of hydrogen-bond acceptors (Lipinski definition) is 3. The van der Waals surface area contributed by atoms with E-state index in [9.17, 15) is 13.6 Å². The first-order valence-corrected chi connectivity index (χ1v) is 7.10. The standard InChI is InChI=1S/C15H15F2N5O/c1-8-19-7-9(20-8)5-6-18-15(23)10-3-2-4-11-12(10)22-14(21-11)13(16)17/h2-4,7,13H,5-6H2,1H3,(H,18,23)(H,19,20)(H,21,22). The van der Waals surface area contributed by atoms with Crippen molar-refractivity contribution in [3.05, 3.63) is 47.3 Å². The Bertz CT molecular complexity index is 839. The number of para-hydroxylation sites is 1. The fourth-order valence-electron chi connectivity index (χ4n) is 2.34. The van der Waals surface area contributed by atoms with E-state index in [4.69, 9.17) is 0 Å². The minimum absolute atomic E-state index is 0.248. The van der Waals surface area contributed by atoms with Crippen LogP contribution in [0.5, 0.6) is 0 Å². The quantitative estimate of drug-likeness (QED) is 0.675. The molecular weight excluding hydrogens is 304 g/mol. The summed E-state index contributed by atoms with van der Waals surface area (Å²) in [6.45, 7) is 2.25. The Morgan fingerprint density at radius 3 is 2.87 bits per heavy atom. The Labute approximate surface area is 130 Å². The minimum Gasteiger partial charge on any atom is -0.352 e. The number of carbonyl (C=O) groups excluding carboxylic acids is 1. The molecule has 120 valence electrons. The van der Waals surface area contributed by atoms with Crippen LogP contribution in [-0.4, -0.2) is 32.4 Å². The van der Waals surface area contributed by atoms with Crippen molar-refractivity contribution in [3.63, 3.8) is 0 Å². The van der Waals surface area contributed by atoms with Gasteiger partial charge in [-0.3, -0.25) is 4.79 Å². The summed E-state index contributed by atoms with van der Waals surface area (Å²) >= 11 is 0. The largest absolute Gasteiger partial charge is 0.352 e. The van der Waals surface area contributed by atoms with Crippen molar-refractivity contribution in [3.8, 4) is 0 Å². The van der Waals surface area contributed by atoms with E-state index in [0.29, 0.717) is 18.5 Å². The molecule has 0 unspecified atom stereocenters. The van der Waals surface area contributed by atoms with Gasteiger partial charge in [-0.15, -0.1) is 0 Å². The highest BCUT2D eigenvalue weighted by Crippen LogP contribution is 2.22. The molecule has 3 N–H and O–H groups in total. The molecule has 0 saturated heterocycles. The highest BCUT2D eigenvalue weighted by Gasteiger charge is 2.17. The number of nitrogens with zero attached hydrogens (tertiary/aromatic N) is 2. The van der Waals surface area contributed by atoms with Crippen LogP contribution >= 0.6 is 0 Å². The summed E-state index contributed by atoms with van der Waals surface area (Å²) in [7, 11) is 0. The smallest absolute Gasteiger partial charge is 0.295 e. The Kier molecular flexibility index (Phi) is 4.05. The second-order valence-corrected chi connectivity index (χ2v) is 5.12. The van der Waals surface area contributed by atoms with Crippen LogP contribution in [0.1, 0.15) is 34.1 Å². The van der Waals surface area contributed by atoms with Crippen molar-refractivity contribution in [2.45, 2.75) is 19.8 Å². The minimum atomic E-state index is -2.71. The summed E-state index contributed by atoms with van der Waals surface area (Å²) < 4.78 is 25.5. The van der Waals surface area contributed by atoms with Gasteiger partial charge in [-0.05, 0) is 19.1 Å². The van der Waals surface area contributed by atoms with Crippen LogP contribution in [0, 0.1) is 6.92 Å². The molecule has 0 bridgehead atoms.